The lowest BCUT2D eigenvalue weighted by atomic mass is 10.4. The zero-order valence-corrected chi connectivity index (χ0v) is 8.06. The van der Waals surface area contributed by atoms with Crippen LogP contribution in [0.1, 0.15) is 13.8 Å². The summed E-state index contributed by atoms with van der Waals surface area (Å²) in [5.74, 6) is -0.716. The summed E-state index contributed by atoms with van der Waals surface area (Å²) >= 11 is 0. The molecule has 0 aliphatic rings. The van der Waals surface area contributed by atoms with Gasteiger partial charge in [0.2, 0.25) is 0 Å². The molecule has 0 amide bonds. The zero-order chi connectivity index (χ0) is 8.20. The normalized spacial score (nSPS) is 10.5. The number of hydrogen-bond donors (Lipinski definition) is 1. The van der Waals surface area contributed by atoms with Crippen molar-refractivity contribution in [2.75, 3.05) is 26.7 Å². The third kappa shape index (κ3) is 5.04. The summed E-state index contributed by atoms with van der Waals surface area (Å²) < 4.78 is 0.620. The van der Waals surface area contributed by atoms with Crippen LogP contribution in [0.2, 0.25) is 0 Å². The Morgan fingerprint density at radius 3 is 1.82 bits per heavy atom. The average Bonchev–Trinajstić information content (AvgIpc) is 1.87. The second-order valence-corrected chi connectivity index (χ2v) is 2.80. The molecule has 4 heteroatoms. The molecule has 0 fully saturated rings. The van der Waals surface area contributed by atoms with Gasteiger partial charge in [0.25, 0.3) is 0 Å². The summed E-state index contributed by atoms with van der Waals surface area (Å²) in [6.45, 7) is 6.00. The third-order valence-corrected chi connectivity index (χ3v) is 2.04. The summed E-state index contributed by atoms with van der Waals surface area (Å²) in [6.07, 6.45) is 0. The summed E-state index contributed by atoms with van der Waals surface area (Å²) in [7, 11) is 1.95. The van der Waals surface area contributed by atoms with E-state index in [9.17, 15) is 4.79 Å². The van der Waals surface area contributed by atoms with Gasteiger partial charge in [-0.25, -0.2) is 4.79 Å². The van der Waals surface area contributed by atoms with Gasteiger partial charge >= 0.3 is 5.97 Å². The van der Waals surface area contributed by atoms with Crippen LogP contribution in [-0.4, -0.2) is 42.2 Å². The van der Waals surface area contributed by atoms with Crippen LogP contribution in [0.4, 0.5) is 0 Å². The number of nitrogens with zero attached hydrogens (tertiary/aromatic N) is 1. The molecule has 1 N–H and O–H groups in total. The minimum Gasteiger partial charge on any atom is -1.00 e. The minimum atomic E-state index is -0.716. The molecule has 0 aromatic rings. The fourth-order valence-corrected chi connectivity index (χ4v) is 0.774. The molecule has 68 valence electrons. The van der Waals surface area contributed by atoms with E-state index in [0.29, 0.717) is 4.48 Å². The molecule has 0 aromatic carbocycles. The molecule has 0 saturated carbocycles. The molecule has 0 aliphatic heterocycles. The van der Waals surface area contributed by atoms with Crippen LogP contribution in [0.3, 0.4) is 0 Å². The first-order valence-corrected chi connectivity index (χ1v) is 3.59. The van der Waals surface area contributed by atoms with Crippen LogP contribution in [0.15, 0.2) is 0 Å². The highest BCUT2D eigenvalue weighted by Crippen LogP contribution is 1.99. The molecule has 0 radical (unpaired) electrons. The fraction of sp³-hybridized carbons (Fsp3) is 0.857. The SMILES string of the molecule is CC[N+](C)(CC)CC(=O)O.[Cl-]. The maximum Gasteiger partial charge on any atom is 0.359 e. The van der Waals surface area contributed by atoms with E-state index in [1.165, 1.54) is 0 Å². The topological polar surface area (TPSA) is 37.3 Å². The van der Waals surface area contributed by atoms with Crippen molar-refractivity contribution < 1.29 is 26.8 Å². The molecule has 0 rings (SSSR count). The number of halogens is 1. The second-order valence-electron chi connectivity index (χ2n) is 2.80. The van der Waals surface area contributed by atoms with E-state index >= 15 is 0 Å². The van der Waals surface area contributed by atoms with Gasteiger partial charge in [-0.3, -0.25) is 0 Å². The Morgan fingerprint density at radius 1 is 1.36 bits per heavy atom. The van der Waals surface area contributed by atoms with Crippen molar-refractivity contribution >= 4 is 5.97 Å². The Bertz CT molecular complexity index is 124. The van der Waals surface area contributed by atoms with Crippen LogP contribution < -0.4 is 12.4 Å². The van der Waals surface area contributed by atoms with Gasteiger partial charge < -0.3 is 22.0 Å². The molecule has 0 bridgehead atoms. The molecule has 0 atom stereocenters. The lowest BCUT2D eigenvalue weighted by Gasteiger charge is -2.29. The van der Waals surface area contributed by atoms with Gasteiger partial charge in [0.05, 0.1) is 20.1 Å². The second kappa shape index (κ2) is 5.38. The van der Waals surface area contributed by atoms with Crippen LogP contribution in [0, 0.1) is 0 Å². The number of carboxylic acid groups (broad SMARTS) is 1. The molecule has 11 heavy (non-hydrogen) atoms. The summed E-state index contributed by atoms with van der Waals surface area (Å²) in [4.78, 5) is 10.3. The van der Waals surface area contributed by atoms with Crippen molar-refractivity contribution in [3.8, 4) is 0 Å². The summed E-state index contributed by atoms with van der Waals surface area (Å²) in [5.41, 5.74) is 0. The number of carboxylic acids is 1. The van der Waals surface area contributed by atoms with Crippen molar-refractivity contribution in [3.05, 3.63) is 0 Å². The molecule has 0 spiro atoms. The van der Waals surface area contributed by atoms with Gasteiger partial charge in [0.15, 0.2) is 6.54 Å². The largest absolute Gasteiger partial charge is 1.00 e. The number of rotatable bonds is 4. The highest BCUT2D eigenvalue weighted by atomic mass is 35.5. The Morgan fingerprint density at radius 2 is 1.73 bits per heavy atom. The van der Waals surface area contributed by atoms with E-state index in [4.69, 9.17) is 5.11 Å². The van der Waals surface area contributed by atoms with Crippen LogP contribution in [-0.2, 0) is 4.79 Å². The van der Waals surface area contributed by atoms with E-state index in [2.05, 4.69) is 0 Å². The predicted octanol–water partition coefficient (Wildman–Crippen LogP) is -2.44. The first kappa shape index (κ1) is 13.3. The van der Waals surface area contributed by atoms with Gasteiger partial charge in [-0.05, 0) is 13.8 Å². The molecule has 3 nitrogen and oxygen atoms in total. The average molecular weight is 182 g/mol. The van der Waals surface area contributed by atoms with Crippen molar-refractivity contribution in [2.24, 2.45) is 0 Å². The van der Waals surface area contributed by atoms with Gasteiger partial charge in [0.1, 0.15) is 0 Å². The Balaban J connectivity index is 0. The fourth-order valence-electron chi connectivity index (χ4n) is 0.774. The first-order valence-electron chi connectivity index (χ1n) is 3.59. The zero-order valence-electron chi connectivity index (χ0n) is 7.30. The minimum absolute atomic E-state index is 0. The molecule has 0 heterocycles. The monoisotopic (exact) mass is 181 g/mol. The van der Waals surface area contributed by atoms with E-state index in [1.807, 2.05) is 20.9 Å². The quantitative estimate of drug-likeness (QED) is 0.490. The number of quaternary nitrogens is 1. The van der Waals surface area contributed by atoms with E-state index < -0.39 is 5.97 Å². The van der Waals surface area contributed by atoms with Crippen LogP contribution in [0.5, 0.6) is 0 Å². The lowest BCUT2D eigenvalue weighted by Crippen LogP contribution is -3.00. The Hall–Kier alpha value is -0.280. The summed E-state index contributed by atoms with van der Waals surface area (Å²) in [6, 6.07) is 0. The standard InChI is InChI=1S/C7H15NO2.ClH/c1-4-8(3,5-2)6-7(9)10;/h4-6H2,1-3H3;1H. The van der Waals surface area contributed by atoms with E-state index in [1.54, 1.807) is 0 Å². The first-order chi connectivity index (χ1) is 4.54. The van der Waals surface area contributed by atoms with Crippen molar-refractivity contribution in [1.29, 1.82) is 0 Å². The number of likely N-dealkylation sites (N-methyl/N-ethyl adjacent to an activating group) is 1. The lowest BCUT2D eigenvalue weighted by molar-refractivity contribution is -0.899. The van der Waals surface area contributed by atoms with Gasteiger partial charge in [-0.2, -0.15) is 0 Å². The van der Waals surface area contributed by atoms with Crippen molar-refractivity contribution in [3.63, 3.8) is 0 Å². The molecular formula is C7H16ClNO2. The molecule has 0 aliphatic carbocycles. The van der Waals surface area contributed by atoms with Gasteiger partial charge in [-0.1, -0.05) is 0 Å². The number of hydrogen-bond acceptors (Lipinski definition) is 1. The van der Waals surface area contributed by atoms with E-state index in [-0.39, 0.29) is 19.0 Å². The third-order valence-electron chi connectivity index (χ3n) is 2.04. The molecule has 0 saturated heterocycles. The Kier molecular flexibility index (Phi) is 6.52. The van der Waals surface area contributed by atoms with Crippen LogP contribution >= 0.6 is 0 Å². The Labute approximate surface area is 74.0 Å². The maximum atomic E-state index is 10.3. The van der Waals surface area contributed by atoms with Gasteiger partial charge in [-0.15, -0.1) is 0 Å². The molecular weight excluding hydrogens is 166 g/mol. The number of carbonyl (C=O) groups is 1. The number of aliphatic carboxylic acids is 1. The highest BCUT2D eigenvalue weighted by molar-refractivity contribution is 5.67. The molecule has 0 unspecified atom stereocenters. The smallest absolute Gasteiger partial charge is 0.359 e. The van der Waals surface area contributed by atoms with Crippen molar-refractivity contribution in [2.45, 2.75) is 13.8 Å². The predicted molar refractivity (Wildman–Crippen MR) is 39.8 cm³/mol. The van der Waals surface area contributed by atoms with Crippen molar-refractivity contribution in [1.82, 2.24) is 0 Å². The maximum absolute atomic E-state index is 10.3. The van der Waals surface area contributed by atoms with Gasteiger partial charge in [0, 0.05) is 0 Å². The highest BCUT2D eigenvalue weighted by Gasteiger charge is 2.19. The molecule has 0 aromatic heterocycles. The van der Waals surface area contributed by atoms with Crippen LogP contribution in [0.25, 0.3) is 0 Å². The van der Waals surface area contributed by atoms with E-state index in [0.717, 1.165) is 13.1 Å². The summed E-state index contributed by atoms with van der Waals surface area (Å²) in [5, 5.41) is 8.50.